The van der Waals surface area contributed by atoms with Gasteiger partial charge in [0.2, 0.25) is 0 Å². The Hall–Kier alpha value is -3.42. The first-order valence-corrected chi connectivity index (χ1v) is 13.0. The summed E-state index contributed by atoms with van der Waals surface area (Å²) >= 11 is 13.0. The number of benzene rings is 1. The Morgan fingerprint density at radius 2 is 1.84 bits per heavy atom. The molecule has 5 aromatic rings. The first-order chi connectivity index (χ1) is 17.7. The molecule has 1 aliphatic carbocycles. The van der Waals surface area contributed by atoms with Crippen molar-refractivity contribution in [3.05, 3.63) is 70.9 Å². The number of rotatable bonds is 4. The van der Waals surface area contributed by atoms with E-state index in [1.807, 2.05) is 72.0 Å². The molecule has 0 amide bonds. The Morgan fingerprint density at radius 3 is 2.54 bits per heavy atom. The van der Waals surface area contributed by atoms with Crippen LogP contribution in [0.15, 0.2) is 55.1 Å². The molecule has 9 heteroatoms. The van der Waals surface area contributed by atoms with E-state index in [2.05, 4.69) is 11.2 Å². The van der Waals surface area contributed by atoms with Gasteiger partial charge in [-0.25, -0.2) is 4.98 Å². The van der Waals surface area contributed by atoms with Crippen LogP contribution in [0.2, 0.25) is 10.0 Å². The molecule has 1 saturated carbocycles. The van der Waals surface area contributed by atoms with Crippen LogP contribution >= 0.6 is 23.2 Å². The summed E-state index contributed by atoms with van der Waals surface area (Å²) in [5.41, 5.74) is 5.28. The van der Waals surface area contributed by atoms with Crippen molar-refractivity contribution in [1.29, 1.82) is 0 Å². The fourth-order valence-corrected chi connectivity index (χ4v) is 5.92. The molecule has 4 aromatic heterocycles. The van der Waals surface area contributed by atoms with E-state index in [0.717, 1.165) is 57.5 Å². The molecule has 1 fully saturated rings. The van der Waals surface area contributed by atoms with Crippen molar-refractivity contribution >= 4 is 45.7 Å². The van der Waals surface area contributed by atoms with Gasteiger partial charge in [-0.15, -0.1) is 0 Å². The Bertz CT molecular complexity index is 1660. The Morgan fingerprint density at radius 1 is 1.11 bits per heavy atom. The number of fused-ring (bicyclic) bond motifs is 3. The molecule has 1 aromatic carbocycles. The predicted molar refractivity (Wildman–Crippen MR) is 145 cm³/mol. The Labute approximate surface area is 223 Å². The number of pyridine rings is 2. The van der Waals surface area contributed by atoms with Crippen molar-refractivity contribution in [2.24, 2.45) is 5.41 Å². The van der Waals surface area contributed by atoms with E-state index in [9.17, 15) is 9.90 Å². The number of nitrogens with zero attached hydrogens (tertiary/aromatic N) is 5. The molecule has 188 valence electrons. The maximum Gasteiger partial charge on any atom is 0.309 e. The van der Waals surface area contributed by atoms with Gasteiger partial charge in [0, 0.05) is 46.4 Å². The fraction of sp³-hybridized carbons (Fsp3) is 0.286. The lowest BCUT2D eigenvalue weighted by Gasteiger charge is -2.33. The summed E-state index contributed by atoms with van der Waals surface area (Å²) in [6.07, 6.45) is 10.6. The minimum absolute atomic E-state index is 0.194. The molecule has 0 radical (unpaired) electrons. The van der Waals surface area contributed by atoms with Crippen LogP contribution in [0.25, 0.3) is 38.9 Å². The SMILES string of the molecule is Cc1c(-c2c(Cl)cccc2Cl)nc2c3cc(-c4cnn(C5CCC(C)(C(=O)O)CC5)c4)cnc3ccn12. The number of aromatic nitrogens is 5. The van der Waals surface area contributed by atoms with E-state index >= 15 is 0 Å². The van der Waals surface area contributed by atoms with Crippen molar-refractivity contribution in [2.75, 3.05) is 0 Å². The van der Waals surface area contributed by atoms with Crippen LogP contribution in [0, 0.1) is 12.3 Å². The monoisotopic (exact) mass is 533 g/mol. The van der Waals surface area contributed by atoms with Crippen molar-refractivity contribution < 1.29 is 9.90 Å². The smallest absolute Gasteiger partial charge is 0.309 e. The fourth-order valence-electron chi connectivity index (χ4n) is 5.34. The highest BCUT2D eigenvalue weighted by atomic mass is 35.5. The number of carboxylic acid groups (broad SMARTS) is 1. The number of halogens is 2. The maximum absolute atomic E-state index is 11.6. The number of aliphatic carboxylic acids is 1. The second-order valence-electron chi connectivity index (χ2n) is 10.1. The first kappa shape index (κ1) is 23.9. The lowest BCUT2D eigenvalue weighted by atomic mass is 9.74. The molecule has 0 atom stereocenters. The largest absolute Gasteiger partial charge is 0.481 e. The molecular weight excluding hydrogens is 509 g/mol. The van der Waals surface area contributed by atoms with Gasteiger partial charge in [-0.05, 0) is 63.8 Å². The Balaban J connectivity index is 1.38. The van der Waals surface area contributed by atoms with Gasteiger partial charge in [0.1, 0.15) is 5.65 Å². The summed E-state index contributed by atoms with van der Waals surface area (Å²) in [7, 11) is 0. The van der Waals surface area contributed by atoms with Gasteiger partial charge in [0.25, 0.3) is 0 Å². The molecule has 4 heterocycles. The van der Waals surface area contributed by atoms with Crippen molar-refractivity contribution in [2.45, 2.75) is 45.6 Å². The zero-order valence-electron chi connectivity index (χ0n) is 20.4. The predicted octanol–water partition coefficient (Wildman–Crippen LogP) is 7.23. The minimum Gasteiger partial charge on any atom is -0.481 e. The molecule has 1 aliphatic rings. The summed E-state index contributed by atoms with van der Waals surface area (Å²) in [6.45, 7) is 3.84. The number of aryl methyl sites for hydroxylation is 1. The highest BCUT2D eigenvalue weighted by molar-refractivity contribution is 6.39. The van der Waals surface area contributed by atoms with Crippen molar-refractivity contribution in [3.63, 3.8) is 0 Å². The van der Waals surface area contributed by atoms with Crippen molar-refractivity contribution in [3.8, 4) is 22.4 Å². The van der Waals surface area contributed by atoms with Gasteiger partial charge < -0.3 is 9.51 Å². The molecule has 0 saturated heterocycles. The van der Waals surface area contributed by atoms with Gasteiger partial charge in [0.15, 0.2) is 0 Å². The molecule has 0 aliphatic heterocycles. The van der Waals surface area contributed by atoms with Crippen molar-refractivity contribution in [1.82, 2.24) is 24.1 Å². The summed E-state index contributed by atoms with van der Waals surface area (Å²) in [5, 5.41) is 16.2. The average Bonchev–Trinajstić information content (AvgIpc) is 3.50. The molecular formula is C28H25Cl2N5O2. The molecule has 6 rings (SSSR count). The first-order valence-electron chi connectivity index (χ1n) is 12.2. The van der Waals surface area contributed by atoms with Gasteiger partial charge in [0.05, 0.1) is 38.9 Å². The quantitative estimate of drug-likeness (QED) is 0.263. The standard InChI is InChI=1S/C28H25Cl2N5O2/c1-16-25(24-21(29)4-3-5-22(24)30)33-26-20-12-17(13-31-23(20)8-11-34(16)26)18-14-32-35(15-18)19-6-9-28(2,10-7-19)27(36)37/h3-5,8,11-15,19H,6-7,9-10H2,1-2H3,(H,36,37). The van der Waals surface area contributed by atoms with Crippen LogP contribution in [-0.2, 0) is 4.79 Å². The van der Waals surface area contributed by atoms with Crippen LogP contribution in [0.4, 0.5) is 0 Å². The molecule has 1 N–H and O–H groups in total. The van der Waals surface area contributed by atoms with E-state index in [1.54, 1.807) is 0 Å². The maximum atomic E-state index is 11.6. The zero-order chi connectivity index (χ0) is 25.9. The highest BCUT2D eigenvalue weighted by Gasteiger charge is 2.38. The third-order valence-electron chi connectivity index (χ3n) is 7.77. The minimum atomic E-state index is -0.713. The topological polar surface area (TPSA) is 85.3 Å². The summed E-state index contributed by atoms with van der Waals surface area (Å²) in [4.78, 5) is 21.3. The highest BCUT2D eigenvalue weighted by Crippen LogP contribution is 2.41. The van der Waals surface area contributed by atoms with Gasteiger partial charge in [-0.2, -0.15) is 5.10 Å². The third kappa shape index (κ3) is 3.97. The molecule has 7 nitrogen and oxygen atoms in total. The summed E-state index contributed by atoms with van der Waals surface area (Å²) in [6, 6.07) is 9.71. The summed E-state index contributed by atoms with van der Waals surface area (Å²) < 4.78 is 4.01. The van der Waals surface area contributed by atoms with Crippen LogP contribution in [0.5, 0.6) is 0 Å². The number of hydrogen-bond donors (Lipinski definition) is 1. The molecule has 37 heavy (non-hydrogen) atoms. The van der Waals surface area contributed by atoms with E-state index < -0.39 is 11.4 Å². The van der Waals surface area contributed by atoms with Crippen LogP contribution in [0.1, 0.15) is 44.3 Å². The van der Waals surface area contributed by atoms with E-state index in [-0.39, 0.29) is 6.04 Å². The van der Waals surface area contributed by atoms with E-state index in [0.29, 0.717) is 22.9 Å². The molecule has 0 bridgehead atoms. The third-order valence-corrected chi connectivity index (χ3v) is 8.40. The lowest BCUT2D eigenvalue weighted by molar-refractivity contribution is -0.150. The lowest BCUT2D eigenvalue weighted by Crippen LogP contribution is -2.33. The average molecular weight is 534 g/mol. The van der Waals surface area contributed by atoms with E-state index in [4.69, 9.17) is 33.2 Å². The van der Waals surface area contributed by atoms with Crippen LogP contribution < -0.4 is 0 Å². The number of hydrogen-bond acceptors (Lipinski definition) is 4. The number of carbonyl (C=O) groups is 1. The normalized spacial score (nSPS) is 20.1. The molecule has 0 unspecified atom stereocenters. The number of imidazole rings is 1. The number of carboxylic acids is 1. The van der Waals surface area contributed by atoms with Gasteiger partial charge in [-0.1, -0.05) is 29.3 Å². The van der Waals surface area contributed by atoms with E-state index in [1.165, 1.54) is 0 Å². The summed E-state index contributed by atoms with van der Waals surface area (Å²) in [5.74, 6) is -0.713. The Kier molecular flexibility index (Phi) is 5.73. The zero-order valence-corrected chi connectivity index (χ0v) is 22.0. The van der Waals surface area contributed by atoms with Crippen LogP contribution in [-0.4, -0.2) is 35.2 Å². The van der Waals surface area contributed by atoms with Gasteiger partial charge in [-0.3, -0.25) is 14.5 Å². The van der Waals surface area contributed by atoms with Gasteiger partial charge >= 0.3 is 5.97 Å². The van der Waals surface area contributed by atoms with Crippen LogP contribution in [0.3, 0.4) is 0 Å². The second kappa shape index (κ2) is 8.85. The second-order valence-corrected chi connectivity index (χ2v) is 10.9. The molecule has 0 spiro atoms.